The molecule has 0 aliphatic heterocycles. The van der Waals surface area contributed by atoms with Gasteiger partial charge in [0.05, 0.1) is 11.6 Å². The molecule has 0 radical (unpaired) electrons. The molecule has 0 aliphatic carbocycles. The molecule has 0 unspecified atom stereocenters. The van der Waals surface area contributed by atoms with Crippen molar-refractivity contribution in [3.63, 3.8) is 0 Å². The van der Waals surface area contributed by atoms with Gasteiger partial charge in [0.1, 0.15) is 6.07 Å². The number of carbonyl (C=O) groups is 1. The summed E-state index contributed by atoms with van der Waals surface area (Å²) in [5.41, 5.74) is 1.56. The van der Waals surface area contributed by atoms with Gasteiger partial charge in [-0.05, 0) is 24.1 Å². The Labute approximate surface area is 93.7 Å². The molecule has 1 rings (SSSR count). The summed E-state index contributed by atoms with van der Waals surface area (Å²) in [4.78, 5) is 11.1. The van der Waals surface area contributed by atoms with Crippen molar-refractivity contribution >= 4 is 5.97 Å². The highest BCUT2D eigenvalue weighted by molar-refractivity contribution is 5.69. The first-order valence-electron chi connectivity index (χ1n) is 4.78. The maximum atomic E-state index is 11.1. The minimum absolute atomic E-state index is 0.202. The van der Waals surface area contributed by atoms with Crippen LogP contribution in [0.25, 0.3) is 0 Å². The van der Waals surface area contributed by atoms with Gasteiger partial charge in [-0.25, -0.2) is 0 Å². The molecule has 0 atom stereocenters. The van der Waals surface area contributed by atoms with E-state index in [1.54, 1.807) is 30.3 Å². The Morgan fingerprint density at radius 1 is 1.25 bits per heavy atom. The van der Waals surface area contributed by atoms with Crippen LogP contribution in [0, 0.1) is 22.7 Å². The second-order valence-electron chi connectivity index (χ2n) is 3.13. The van der Waals surface area contributed by atoms with Gasteiger partial charge in [0, 0.05) is 6.42 Å². The molecular formula is C12H10N2O2. The Bertz CT molecular complexity index is 438. The number of aryl methyl sites for hydroxylation is 1. The molecule has 0 heterocycles. The van der Waals surface area contributed by atoms with Gasteiger partial charge in [-0.2, -0.15) is 10.5 Å². The molecule has 0 N–H and O–H groups in total. The van der Waals surface area contributed by atoms with Gasteiger partial charge in [-0.1, -0.05) is 12.1 Å². The first-order chi connectivity index (χ1) is 7.76. The molecule has 0 fully saturated rings. The average molecular weight is 214 g/mol. The summed E-state index contributed by atoms with van der Waals surface area (Å²) in [7, 11) is 0. The lowest BCUT2D eigenvalue weighted by Crippen LogP contribution is -2.05. The Balaban J connectivity index is 2.40. The molecule has 0 aromatic heterocycles. The summed E-state index contributed by atoms with van der Waals surface area (Å²) < 4.78 is 4.61. The lowest BCUT2D eigenvalue weighted by atomic mass is 10.1. The van der Waals surface area contributed by atoms with Gasteiger partial charge in [0.2, 0.25) is 0 Å². The molecular weight excluding hydrogens is 204 g/mol. The smallest absolute Gasteiger partial charge is 0.307 e. The van der Waals surface area contributed by atoms with E-state index in [1.165, 1.54) is 0 Å². The minimum Gasteiger partial charge on any atom is -0.450 e. The number of ether oxygens (including phenoxy) is 1. The largest absolute Gasteiger partial charge is 0.450 e. The number of nitrogens with zero attached hydrogens (tertiary/aromatic N) is 2. The van der Waals surface area contributed by atoms with Crippen molar-refractivity contribution in [1.82, 2.24) is 0 Å². The number of nitriles is 2. The van der Waals surface area contributed by atoms with E-state index in [0.29, 0.717) is 12.0 Å². The highest BCUT2D eigenvalue weighted by Gasteiger charge is 2.03. The van der Waals surface area contributed by atoms with E-state index in [0.717, 1.165) is 5.56 Å². The van der Waals surface area contributed by atoms with Crippen LogP contribution in [0.1, 0.15) is 17.5 Å². The molecule has 0 amide bonds. The molecule has 4 heteroatoms. The Morgan fingerprint density at radius 3 is 2.50 bits per heavy atom. The summed E-state index contributed by atoms with van der Waals surface area (Å²) >= 11 is 0. The van der Waals surface area contributed by atoms with Crippen molar-refractivity contribution in [3.05, 3.63) is 35.4 Å². The van der Waals surface area contributed by atoms with E-state index in [1.807, 2.05) is 6.07 Å². The molecule has 1 aromatic rings. The van der Waals surface area contributed by atoms with Crippen LogP contribution < -0.4 is 0 Å². The molecule has 0 bridgehead atoms. The quantitative estimate of drug-likeness (QED) is 0.713. The third-order valence-electron chi connectivity index (χ3n) is 2.00. The zero-order valence-corrected chi connectivity index (χ0v) is 8.64. The Morgan fingerprint density at radius 2 is 1.94 bits per heavy atom. The number of benzene rings is 1. The molecule has 4 nitrogen and oxygen atoms in total. The van der Waals surface area contributed by atoms with E-state index in [4.69, 9.17) is 10.5 Å². The van der Waals surface area contributed by atoms with Gasteiger partial charge in [0.25, 0.3) is 0 Å². The first-order valence-corrected chi connectivity index (χ1v) is 4.78. The van der Waals surface area contributed by atoms with Crippen LogP contribution in [0.3, 0.4) is 0 Å². The summed E-state index contributed by atoms with van der Waals surface area (Å²) in [5, 5.41) is 16.8. The number of hydrogen-bond donors (Lipinski definition) is 0. The van der Waals surface area contributed by atoms with Crippen LogP contribution in [0.4, 0.5) is 0 Å². The highest BCUT2D eigenvalue weighted by atomic mass is 16.5. The number of rotatable bonds is 4. The predicted octanol–water partition coefficient (Wildman–Crippen LogP) is 1.56. The van der Waals surface area contributed by atoms with E-state index in [9.17, 15) is 4.79 Å². The van der Waals surface area contributed by atoms with E-state index in [2.05, 4.69) is 4.74 Å². The fraction of sp³-hybridized carbons (Fsp3) is 0.250. The summed E-state index contributed by atoms with van der Waals surface area (Å²) in [6.07, 6.45) is 0.795. The number of esters is 1. The van der Waals surface area contributed by atoms with Crippen LogP contribution in [0.2, 0.25) is 0 Å². The maximum absolute atomic E-state index is 11.1. The maximum Gasteiger partial charge on any atom is 0.307 e. The SMILES string of the molecule is N#CCOC(=O)CCc1ccc(C#N)cc1. The van der Waals surface area contributed by atoms with Crippen molar-refractivity contribution in [1.29, 1.82) is 10.5 Å². The average Bonchev–Trinajstić information content (AvgIpc) is 2.34. The zero-order valence-electron chi connectivity index (χ0n) is 8.64. The third kappa shape index (κ3) is 3.81. The highest BCUT2D eigenvalue weighted by Crippen LogP contribution is 2.06. The van der Waals surface area contributed by atoms with Crippen molar-refractivity contribution < 1.29 is 9.53 Å². The second kappa shape index (κ2) is 6.21. The fourth-order valence-electron chi connectivity index (χ4n) is 1.18. The van der Waals surface area contributed by atoms with E-state index < -0.39 is 0 Å². The minimum atomic E-state index is -0.383. The lowest BCUT2D eigenvalue weighted by molar-refractivity contribution is -0.142. The van der Waals surface area contributed by atoms with Gasteiger partial charge >= 0.3 is 5.97 Å². The first kappa shape index (κ1) is 11.7. The monoisotopic (exact) mass is 214 g/mol. The molecule has 0 saturated carbocycles. The van der Waals surface area contributed by atoms with E-state index in [-0.39, 0.29) is 19.0 Å². The van der Waals surface area contributed by atoms with Gasteiger partial charge in [-0.15, -0.1) is 0 Å². The predicted molar refractivity (Wildman–Crippen MR) is 56.1 cm³/mol. The Kier molecular flexibility index (Phi) is 4.56. The van der Waals surface area contributed by atoms with Crippen LogP contribution >= 0.6 is 0 Å². The Hall–Kier alpha value is -2.33. The summed E-state index contributed by atoms with van der Waals surface area (Å²) in [6.45, 7) is -0.202. The molecule has 80 valence electrons. The molecule has 1 aromatic carbocycles. The van der Waals surface area contributed by atoms with Crippen molar-refractivity contribution in [2.75, 3.05) is 6.61 Å². The van der Waals surface area contributed by atoms with Gasteiger partial charge < -0.3 is 4.74 Å². The molecule has 0 spiro atoms. The fourth-order valence-corrected chi connectivity index (χ4v) is 1.18. The van der Waals surface area contributed by atoms with Crippen molar-refractivity contribution in [2.45, 2.75) is 12.8 Å². The standard InChI is InChI=1S/C12H10N2O2/c13-7-8-16-12(15)6-5-10-1-3-11(9-14)4-2-10/h1-4H,5-6,8H2. The van der Waals surface area contributed by atoms with Crippen LogP contribution in [-0.2, 0) is 16.0 Å². The third-order valence-corrected chi connectivity index (χ3v) is 2.00. The molecule has 0 aliphatic rings. The molecule has 0 saturated heterocycles. The van der Waals surface area contributed by atoms with Crippen molar-refractivity contribution in [2.24, 2.45) is 0 Å². The number of carbonyl (C=O) groups excluding carboxylic acids is 1. The topological polar surface area (TPSA) is 73.9 Å². The van der Waals surface area contributed by atoms with Crippen LogP contribution in [0.15, 0.2) is 24.3 Å². The normalized spacial score (nSPS) is 8.88. The second-order valence-corrected chi connectivity index (χ2v) is 3.13. The van der Waals surface area contributed by atoms with Crippen molar-refractivity contribution in [3.8, 4) is 12.1 Å². The van der Waals surface area contributed by atoms with Crippen LogP contribution in [-0.4, -0.2) is 12.6 Å². The zero-order chi connectivity index (χ0) is 11.8. The molecule has 16 heavy (non-hydrogen) atoms. The summed E-state index contributed by atoms with van der Waals surface area (Å²) in [5.74, 6) is -0.383. The van der Waals surface area contributed by atoms with Gasteiger partial charge in [0.15, 0.2) is 6.61 Å². The van der Waals surface area contributed by atoms with E-state index >= 15 is 0 Å². The lowest BCUT2D eigenvalue weighted by Gasteiger charge is -2.01. The number of hydrogen-bond acceptors (Lipinski definition) is 4. The summed E-state index contributed by atoms with van der Waals surface area (Å²) in [6, 6.07) is 10.8. The van der Waals surface area contributed by atoms with Crippen LogP contribution in [0.5, 0.6) is 0 Å². The van der Waals surface area contributed by atoms with Gasteiger partial charge in [-0.3, -0.25) is 4.79 Å².